The van der Waals surface area contributed by atoms with Gasteiger partial charge in [-0.2, -0.15) is 4.68 Å². The van der Waals surface area contributed by atoms with Gasteiger partial charge in [-0.15, -0.1) is 5.10 Å². The fourth-order valence-electron chi connectivity index (χ4n) is 2.17. The first-order chi connectivity index (χ1) is 12.0. The topological polar surface area (TPSA) is 95.1 Å². The molecule has 0 radical (unpaired) electrons. The maximum Gasteiger partial charge on any atom is 0.280 e. The minimum atomic E-state index is -0.672. The van der Waals surface area contributed by atoms with Gasteiger partial charge in [0.15, 0.2) is 11.5 Å². The fraction of sp³-hybridized carbons (Fsp3) is 0.0625. The van der Waals surface area contributed by atoms with Gasteiger partial charge in [-0.1, -0.05) is 28.9 Å². The van der Waals surface area contributed by atoms with E-state index in [2.05, 4.69) is 15.6 Å². The molecule has 0 aliphatic rings. The van der Waals surface area contributed by atoms with E-state index in [0.717, 1.165) is 0 Å². The summed E-state index contributed by atoms with van der Waals surface area (Å²) in [4.78, 5) is 12.3. The van der Waals surface area contributed by atoms with Crippen LogP contribution in [0.5, 0.6) is 5.75 Å². The van der Waals surface area contributed by atoms with Crippen LogP contribution in [-0.2, 0) is 0 Å². The molecule has 9 heteroatoms. The molecule has 0 bridgehead atoms. The van der Waals surface area contributed by atoms with E-state index < -0.39 is 11.7 Å². The number of nitrogen functional groups attached to an aromatic ring is 1. The van der Waals surface area contributed by atoms with Gasteiger partial charge in [0.2, 0.25) is 0 Å². The minimum Gasteiger partial charge on any atom is -0.495 e. The number of aromatic nitrogens is 3. The quantitative estimate of drug-likeness (QED) is 0.745. The summed E-state index contributed by atoms with van der Waals surface area (Å²) in [6.07, 6.45) is 0. The maximum absolute atomic E-state index is 13.6. The molecule has 0 unspecified atom stereocenters. The average Bonchev–Trinajstić information content (AvgIpc) is 2.99. The number of rotatable bonds is 4. The zero-order valence-corrected chi connectivity index (χ0v) is 13.8. The number of hydrogen-bond acceptors (Lipinski definition) is 5. The van der Waals surface area contributed by atoms with E-state index in [1.165, 1.54) is 30.0 Å². The second-order valence-corrected chi connectivity index (χ2v) is 5.40. The summed E-state index contributed by atoms with van der Waals surface area (Å²) >= 11 is 5.98. The molecule has 0 spiro atoms. The number of methoxy groups -OCH3 is 1. The molecular weight excluding hydrogens is 349 g/mol. The van der Waals surface area contributed by atoms with Crippen LogP contribution in [0.15, 0.2) is 42.5 Å². The number of nitrogens with two attached hydrogens (primary N) is 1. The van der Waals surface area contributed by atoms with Gasteiger partial charge in [0.25, 0.3) is 5.91 Å². The molecule has 7 nitrogen and oxygen atoms in total. The Hall–Kier alpha value is -3.13. The molecule has 0 aliphatic heterocycles. The van der Waals surface area contributed by atoms with E-state index in [1.807, 2.05) is 0 Å². The van der Waals surface area contributed by atoms with Gasteiger partial charge in [-0.05, 0) is 24.3 Å². The fourth-order valence-corrected chi connectivity index (χ4v) is 2.36. The standard InChI is InChI=1S/C16H13ClFN5O2/c1-25-13-8-9(6-7-10(13)17)23-15(19)14(21-22-23)16(24)20-12-5-3-2-4-11(12)18/h2-8H,19H2,1H3,(H,20,24). The third-order valence-electron chi connectivity index (χ3n) is 3.42. The molecule has 1 amide bonds. The van der Waals surface area contributed by atoms with E-state index >= 15 is 0 Å². The number of para-hydroxylation sites is 1. The number of amides is 1. The Morgan fingerprint density at radius 3 is 2.80 bits per heavy atom. The van der Waals surface area contributed by atoms with Crippen LogP contribution < -0.4 is 15.8 Å². The molecule has 3 N–H and O–H groups in total. The van der Waals surface area contributed by atoms with Gasteiger partial charge in [0, 0.05) is 6.07 Å². The third-order valence-corrected chi connectivity index (χ3v) is 3.73. The summed E-state index contributed by atoms with van der Waals surface area (Å²) in [5, 5.41) is 10.5. The van der Waals surface area contributed by atoms with Crippen molar-refractivity contribution in [3.63, 3.8) is 0 Å². The summed E-state index contributed by atoms with van der Waals surface area (Å²) in [7, 11) is 1.48. The molecule has 0 atom stereocenters. The molecule has 1 heterocycles. The summed E-state index contributed by atoms with van der Waals surface area (Å²) in [6, 6.07) is 10.6. The molecule has 0 saturated carbocycles. The lowest BCUT2D eigenvalue weighted by molar-refractivity contribution is 0.102. The highest BCUT2D eigenvalue weighted by atomic mass is 35.5. The molecule has 128 valence electrons. The highest BCUT2D eigenvalue weighted by Crippen LogP contribution is 2.28. The van der Waals surface area contributed by atoms with Crippen molar-refractivity contribution in [2.75, 3.05) is 18.2 Å². The highest BCUT2D eigenvalue weighted by Gasteiger charge is 2.20. The summed E-state index contributed by atoms with van der Waals surface area (Å²) < 4.78 is 20.0. The first-order valence-corrected chi connectivity index (χ1v) is 7.50. The summed E-state index contributed by atoms with van der Waals surface area (Å²) in [5.41, 5.74) is 6.37. The van der Waals surface area contributed by atoms with Gasteiger partial charge in [-0.3, -0.25) is 4.79 Å². The number of anilines is 2. The molecule has 0 fully saturated rings. The van der Waals surface area contributed by atoms with Crippen LogP contribution in [0, 0.1) is 5.82 Å². The largest absolute Gasteiger partial charge is 0.495 e. The van der Waals surface area contributed by atoms with E-state index in [-0.39, 0.29) is 17.2 Å². The normalized spacial score (nSPS) is 10.5. The number of nitrogens with one attached hydrogen (secondary N) is 1. The smallest absolute Gasteiger partial charge is 0.280 e. The van der Waals surface area contributed by atoms with E-state index in [1.54, 1.807) is 24.3 Å². The SMILES string of the molecule is COc1cc(-n2nnc(C(=O)Nc3ccccc3F)c2N)ccc1Cl. The summed E-state index contributed by atoms with van der Waals surface area (Å²) in [6.45, 7) is 0. The van der Waals surface area contributed by atoms with Crippen LogP contribution >= 0.6 is 11.6 Å². The Kier molecular flexibility index (Phi) is 4.53. The Morgan fingerprint density at radius 1 is 1.32 bits per heavy atom. The molecule has 2 aromatic carbocycles. The first-order valence-electron chi connectivity index (χ1n) is 7.12. The molecular formula is C16H13ClFN5O2. The van der Waals surface area contributed by atoms with Gasteiger partial charge >= 0.3 is 0 Å². The Bertz CT molecular complexity index is 944. The molecule has 1 aromatic heterocycles. The monoisotopic (exact) mass is 361 g/mol. The average molecular weight is 362 g/mol. The minimum absolute atomic E-state index is 0.00165. The zero-order chi connectivity index (χ0) is 18.0. The number of hydrogen-bond donors (Lipinski definition) is 2. The summed E-state index contributed by atoms with van der Waals surface area (Å²) in [5.74, 6) is -0.816. The number of halogens is 2. The van der Waals surface area contributed by atoms with Crippen LogP contribution in [-0.4, -0.2) is 28.0 Å². The lowest BCUT2D eigenvalue weighted by atomic mass is 10.3. The van der Waals surface area contributed by atoms with Crippen molar-refractivity contribution in [1.82, 2.24) is 15.0 Å². The van der Waals surface area contributed by atoms with Crippen LogP contribution in [0.4, 0.5) is 15.9 Å². The van der Waals surface area contributed by atoms with Crippen molar-refractivity contribution >= 4 is 29.0 Å². The predicted molar refractivity (Wildman–Crippen MR) is 91.7 cm³/mol. The van der Waals surface area contributed by atoms with Crippen LogP contribution in [0.25, 0.3) is 5.69 Å². The van der Waals surface area contributed by atoms with Crippen molar-refractivity contribution in [3.05, 3.63) is 59.0 Å². The Balaban J connectivity index is 1.91. The van der Waals surface area contributed by atoms with E-state index in [4.69, 9.17) is 22.1 Å². The second kappa shape index (κ2) is 6.78. The molecule has 3 aromatic rings. The number of carbonyl (C=O) groups excluding carboxylic acids is 1. The van der Waals surface area contributed by atoms with Crippen molar-refractivity contribution in [2.24, 2.45) is 0 Å². The predicted octanol–water partition coefficient (Wildman–Crippen LogP) is 2.90. The van der Waals surface area contributed by atoms with Crippen molar-refractivity contribution in [3.8, 4) is 11.4 Å². The highest BCUT2D eigenvalue weighted by molar-refractivity contribution is 6.32. The number of carbonyl (C=O) groups is 1. The maximum atomic E-state index is 13.6. The van der Waals surface area contributed by atoms with Crippen LogP contribution in [0.2, 0.25) is 5.02 Å². The number of nitrogens with zero attached hydrogens (tertiary/aromatic N) is 3. The van der Waals surface area contributed by atoms with Crippen LogP contribution in [0.1, 0.15) is 10.5 Å². The van der Waals surface area contributed by atoms with Gasteiger partial charge in [-0.25, -0.2) is 4.39 Å². The molecule has 0 saturated heterocycles. The lowest BCUT2D eigenvalue weighted by Crippen LogP contribution is -2.15. The van der Waals surface area contributed by atoms with Gasteiger partial charge in [0.1, 0.15) is 11.6 Å². The molecule has 3 rings (SSSR count). The van der Waals surface area contributed by atoms with Gasteiger partial charge < -0.3 is 15.8 Å². The Morgan fingerprint density at radius 2 is 2.08 bits per heavy atom. The van der Waals surface area contributed by atoms with E-state index in [9.17, 15) is 9.18 Å². The second-order valence-electron chi connectivity index (χ2n) is 4.99. The zero-order valence-electron chi connectivity index (χ0n) is 13.0. The Labute approximate surface area is 147 Å². The van der Waals surface area contributed by atoms with Crippen molar-refractivity contribution < 1.29 is 13.9 Å². The third kappa shape index (κ3) is 3.24. The number of ether oxygens (including phenoxy) is 1. The van der Waals surface area contributed by atoms with Gasteiger partial charge in [0.05, 0.1) is 23.5 Å². The lowest BCUT2D eigenvalue weighted by Gasteiger charge is -2.08. The van der Waals surface area contributed by atoms with Crippen LogP contribution in [0.3, 0.4) is 0 Å². The first kappa shape index (κ1) is 16.7. The molecule has 0 aliphatic carbocycles. The van der Waals surface area contributed by atoms with Crippen molar-refractivity contribution in [2.45, 2.75) is 0 Å². The van der Waals surface area contributed by atoms with E-state index in [0.29, 0.717) is 16.5 Å². The van der Waals surface area contributed by atoms with Crippen molar-refractivity contribution in [1.29, 1.82) is 0 Å². The molecule has 25 heavy (non-hydrogen) atoms. The number of benzene rings is 2.